The van der Waals surface area contributed by atoms with Crippen LogP contribution in [0.5, 0.6) is 0 Å². The summed E-state index contributed by atoms with van der Waals surface area (Å²) in [5.41, 5.74) is 0. The fourth-order valence-electron chi connectivity index (χ4n) is 0.860. The third-order valence-corrected chi connectivity index (χ3v) is 3.47. The molecular formula is C7H12N2O2S. The van der Waals surface area contributed by atoms with Crippen LogP contribution in [-0.2, 0) is 9.84 Å². The predicted molar refractivity (Wildman–Crippen MR) is 48.7 cm³/mol. The molecule has 0 amide bonds. The maximum Gasteiger partial charge on any atom is 0.218 e. The second-order valence-corrected chi connectivity index (χ2v) is 4.67. The molecule has 68 valence electrons. The predicted octanol–water partition coefficient (Wildman–Crippen LogP) is 0.284. The van der Waals surface area contributed by atoms with Gasteiger partial charge in [0.15, 0.2) is 5.04 Å². The maximum atomic E-state index is 11.4. The third-order valence-electron chi connectivity index (χ3n) is 1.65. The highest BCUT2D eigenvalue weighted by Crippen LogP contribution is 2.15. The first kappa shape index (κ1) is 9.41. The second kappa shape index (κ2) is 3.37. The number of hydrogen-bond acceptors (Lipinski definition) is 4. The van der Waals surface area contributed by atoms with E-state index in [4.69, 9.17) is 0 Å². The molecule has 0 unspecified atom stereocenters. The number of allylic oxidation sites excluding steroid dienone is 1. The molecule has 0 aromatic rings. The minimum atomic E-state index is -3.19. The molecule has 0 aliphatic carbocycles. The Morgan fingerprint density at radius 2 is 2.25 bits per heavy atom. The first-order chi connectivity index (χ1) is 5.59. The van der Waals surface area contributed by atoms with Gasteiger partial charge in [-0.15, -0.1) is 0 Å². The van der Waals surface area contributed by atoms with E-state index in [9.17, 15) is 8.42 Å². The minimum absolute atomic E-state index is 0.224. The number of aliphatic imine (C=N–C) groups is 1. The molecule has 0 aromatic heterocycles. The van der Waals surface area contributed by atoms with E-state index in [2.05, 4.69) is 10.3 Å². The van der Waals surface area contributed by atoms with Crippen molar-refractivity contribution in [2.75, 3.05) is 13.1 Å². The van der Waals surface area contributed by atoms with Gasteiger partial charge in [-0.3, -0.25) is 0 Å². The number of rotatable bonds is 3. The zero-order chi connectivity index (χ0) is 9.19. The van der Waals surface area contributed by atoms with E-state index in [-0.39, 0.29) is 5.04 Å². The van der Waals surface area contributed by atoms with Crippen LogP contribution in [0.15, 0.2) is 16.1 Å². The molecule has 1 heterocycles. The quantitative estimate of drug-likeness (QED) is 0.692. The van der Waals surface area contributed by atoms with Crippen molar-refractivity contribution in [2.24, 2.45) is 4.99 Å². The van der Waals surface area contributed by atoms with Crippen LogP contribution in [0.4, 0.5) is 0 Å². The molecular weight excluding hydrogens is 176 g/mol. The molecule has 1 aliphatic heterocycles. The fraction of sp³-hybridized carbons (Fsp3) is 0.571. The van der Waals surface area contributed by atoms with Crippen LogP contribution >= 0.6 is 0 Å². The highest BCUT2D eigenvalue weighted by Gasteiger charge is 2.25. The van der Waals surface area contributed by atoms with Crippen LogP contribution < -0.4 is 5.32 Å². The van der Waals surface area contributed by atoms with Crippen LogP contribution in [0.3, 0.4) is 0 Å². The molecule has 0 bridgehead atoms. The van der Waals surface area contributed by atoms with E-state index in [1.54, 1.807) is 6.92 Å². The van der Waals surface area contributed by atoms with Gasteiger partial charge in [-0.2, -0.15) is 0 Å². The molecule has 12 heavy (non-hydrogen) atoms. The molecule has 0 spiro atoms. The summed E-state index contributed by atoms with van der Waals surface area (Å²) in [6.45, 7) is 4.54. The lowest BCUT2D eigenvalue weighted by Crippen LogP contribution is -2.27. The summed E-state index contributed by atoms with van der Waals surface area (Å²) in [7, 11) is -3.19. The molecule has 1 aliphatic rings. The fourth-order valence-corrected chi connectivity index (χ4v) is 1.91. The molecule has 0 aromatic carbocycles. The Labute approximate surface area is 72.3 Å². The number of hydrogen-bond donors (Lipinski definition) is 1. The highest BCUT2D eigenvalue weighted by atomic mass is 32.2. The SMILES string of the molecule is CCNCC1=NC=C(C)S1(=O)=O. The van der Waals surface area contributed by atoms with Crippen LogP contribution in [0.1, 0.15) is 13.8 Å². The van der Waals surface area contributed by atoms with E-state index in [0.717, 1.165) is 6.54 Å². The summed E-state index contributed by atoms with van der Waals surface area (Å²) < 4.78 is 22.7. The summed E-state index contributed by atoms with van der Waals surface area (Å²) >= 11 is 0. The van der Waals surface area contributed by atoms with Crippen molar-refractivity contribution in [1.29, 1.82) is 0 Å². The summed E-state index contributed by atoms with van der Waals surface area (Å²) in [4.78, 5) is 4.14. The maximum absolute atomic E-state index is 11.4. The van der Waals surface area contributed by atoms with E-state index in [1.807, 2.05) is 6.92 Å². The lowest BCUT2D eigenvalue weighted by Gasteiger charge is -2.01. The second-order valence-electron chi connectivity index (χ2n) is 2.55. The number of nitrogens with zero attached hydrogens (tertiary/aromatic N) is 1. The zero-order valence-electron chi connectivity index (χ0n) is 7.16. The van der Waals surface area contributed by atoms with E-state index in [1.165, 1.54) is 6.20 Å². The summed E-state index contributed by atoms with van der Waals surface area (Å²) in [5, 5.41) is 3.15. The molecule has 0 saturated heterocycles. The zero-order valence-corrected chi connectivity index (χ0v) is 7.98. The van der Waals surface area contributed by atoms with Gasteiger partial charge in [-0.25, -0.2) is 13.4 Å². The van der Waals surface area contributed by atoms with Crippen LogP contribution in [-0.4, -0.2) is 26.6 Å². The van der Waals surface area contributed by atoms with Crippen LogP contribution in [0.25, 0.3) is 0 Å². The van der Waals surface area contributed by atoms with Gasteiger partial charge in [0, 0.05) is 12.7 Å². The lowest BCUT2D eigenvalue weighted by molar-refractivity contribution is 0.612. The van der Waals surface area contributed by atoms with Gasteiger partial charge in [-0.05, 0) is 13.5 Å². The van der Waals surface area contributed by atoms with Crippen LogP contribution in [0, 0.1) is 0 Å². The Morgan fingerprint density at radius 3 is 2.67 bits per heavy atom. The van der Waals surface area contributed by atoms with Gasteiger partial charge in [0.2, 0.25) is 9.84 Å². The van der Waals surface area contributed by atoms with Crippen molar-refractivity contribution in [3.8, 4) is 0 Å². The topological polar surface area (TPSA) is 58.5 Å². The summed E-state index contributed by atoms with van der Waals surface area (Å²) in [5.74, 6) is 0. The summed E-state index contributed by atoms with van der Waals surface area (Å²) in [6, 6.07) is 0. The molecule has 1 N–H and O–H groups in total. The van der Waals surface area contributed by atoms with Crippen molar-refractivity contribution in [3.05, 3.63) is 11.1 Å². The number of nitrogens with one attached hydrogen (secondary N) is 1. The van der Waals surface area contributed by atoms with Gasteiger partial charge in [-0.1, -0.05) is 6.92 Å². The standard InChI is InChI=1S/C7H12N2O2S/c1-3-8-5-7-9-4-6(2)12(7,10)11/h4,8H,3,5H2,1-2H3. The van der Waals surface area contributed by atoms with Gasteiger partial charge in [0.05, 0.1) is 4.91 Å². The first-order valence-corrected chi connectivity index (χ1v) is 5.26. The smallest absolute Gasteiger partial charge is 0.218 e. The number of sulfone groups is 1. The Kier molecular flexibility index (Phi) is 2.64. The highest BCUT2D eigenvalue weighted by molar-refractivity contribution is 8.10. The lowest BCUT2D eigenvalue weighted by atomic mass is 10.6. The van der Waals surface area contributed by atoms with Gasteiger partial charge < -0.3 is 5.32 Å². The van der Waals surface area contributed by atoms with Crippen molar-refractivity contribution in [2.45, 2.75) is 13.8 Å². The normalized spacial score (nSPS) is 20.5. The minimum Gasteiger partial charge on any atom is -0.311 e. The van der Waals surface area contributed by atoms with Gasteiger partial charge in [0.25, 0.3) is 0 Å². The Bertz CT molecular complexity index is 327. The molecule has 1 rings (SSSR count). The van der Waals surface area contributed by atoms with Gasteiger partial charge >= 0.3 is 0 Å². The monoisotopic (exact) mass is 188 g/mol. The average molecular weight is 188 g/mol. The van der Waals surface area contributed by atoms with E-state index >= 15 is 0 Å². The van der Waals surface area contributed by atoms with Crippen LogP contribution in [0.2, 0.25) is 0 Å². The van der Waals surface area contributed by atoms with Crippen molar-refractivity contribution in [1.82, 2.24) is 5.32 Å². The third kappa shape index (κ3) is 1.56. The molecule has 4 nitrogen and oxygen atoms in total. The molecule has 0 fully saturated rings. The molecule has 0 radical (unpaired) electrons. The van der Waals surface area contributed by atoms with E-state index in [0.29, 0.717) is 11.4 Å². The Hall–Kier alpha value is -0.680. The largest absolute Gasteiger partial charge is 0.311 e. The van der Waals surface area contributed by atoms with Crippen molar-refractivity contribution >= 4 is 14.9 Å². The molecule has 0 atom stereocenters. The molecule has 5 heteroatoms. The van der Waals surface area contributed by atoms with Crippen molar-refractivity contribution < 1.29 is 8.42 Å². The van der Waals surface area contributed by atoms with Gasteiger partial charge in [0.1, 0.15) is 0 Å². The van der Waals surface area contributed by atoms with E-state index < -0.39 is 9.84 Å². The average Bonchev–Trinajstić information content (AvgIpc) is 2.25. The molecule has 0 saturated carbocycles. The first-order valence-electron chi connectivity index (χ1n) is 3.78. The summed E-state index contributed by atoms with van der Waals surface area (Å²) in [6.07, 6.45) is 1.39. The Balaban J connectivity index is 2.74. The Morgan fingerprint density at radius 1 is 1.58 bits per heavy atom. The van der Waals surface area contributed by atoms with Crippen molar-refractivity contribution in [3.63, 3.8) is 0 Å².